The van der Waals surface area contributed by atoms with Crippen molar-refractivity contribution in [3.8, 4) is 0 Å². The van der Waals surface area contributed by atoms with Crippen LogP contribution in [-0.2, 0) is 0 Å². The molecular weight excluding hydrogens is 196 g/mol. The van der Waals surface area contributed by atoms with Crippen molar-refractivity contribution in [3.05, 3.63) is 48.8 Å². The van der Waals surface area contributed by atoms with E-state index in [1.807, 2.05) is 18.2 Å². The van der Waals surface area contributed by atoms with Gasteiger partial charge in [0, 0.05) is 24.8 Å². The van der Waals surface area contributed by atoms with E-state index in [0.29, 0.717) is 10.8 Å². The van der Waals surface area contributed by atoms with Gasteiger partial charge in [-0.05, 0) is 12.1 Å². The minimum absolute atomic E-state index is 0.301. The highest BCUT2D eigenvalue weighted by atomic mass is 32.1. The van der Waals surface area contributed by atoms with Crippen LogP contribution >= 0.6 is 12.2 Å². The molecule has 0 atom stereocenters. The van der Waals surface area contributed by atoms with Crippen molar-refractivity contribution in [1.82, 2.24) is 15.0 Å². The molecule has 3 N–H and O–H groups in total. The number of nitrogens with one attached hydrogen (secondary N) is 1. The Morgan fingerprint density at radius 3 is 2.14 bits per heavy atom. The minimum Gasteiger partial charge on any atom is -0.387 e. The summed E-state index contributed by atoms with van der Waals surface area (Å²) >= 11 is 4.60. The lowest BCUT2D eigenvalue weighted by molar-refractivity contribution is 1.26. The maximum Gasteiger partial charge on any atom is 0.164 e. The standard InChI is InChI=1S/C5H5N.C4H5N3S/c1-2-4-6-5-3-1;5-3(8)4-6-1-2-7-4/h1-5H;1-2H,(H2,5,8)(H,6,7). The number of aromatic nitrogens is 3. The highest BCUT2D eigenvalue weighted by Gasteiger charge is 1.92. The van der Waals surface area contributed by atoms with Gasteiger partial charge in [-0.1, -0.05) is 18.3 Å². The Kier molecular flexibility index (Phi) is 4.30. The zero-order valence-electron chi connectivity index (χ0n) is 7.42. The van der Waals surface area contributed by atoms with Gasteiger partial charge in [-0.2, -0.15) is 0 Å². The van der Waals surface area contributed by atoms with Crippen LogP contribution in [0.25, 0.3) is 0 Å². The van der Waals surface area contributed by atoms with Gasteiger partial charge in [0.1, 0.15) is 4.99 Å². The van der Waals surface area contributed by atoms with Gasteiger partial charge >= 0.3 is 0 Å². The number of imidazole rings is 1. The third-order valence-corrected chi connectivity index (χ3v) is 1.49. The summed E-state index contributed by atoms with van der Waals surface area (Å²) in [5.41, 5.74) is 5.20. The molecule has 2 heterocycles. The van der Waals surface area contributed by atoms with Crippen molar-refractivity contribution >= 4 is 17.2 Å². The molecule has 0 aliphatic rings. The molecule has 72 valence electrons. The Bertz CT molecular complexity index is 331. The molecule has 2 aromatic rings. The van der Waals surface area contributed by atoms with E-state index in [1.54, 1.807) is 24.8 Å². The van der Waals surface area contributed by atoms with Gasteiger partial charge in [-0.25, -0.2) is 4.98 Å². The van der Waals surface area contributed by atoms with Crippen LogP contribution in [0.4, 0.5) is 0 Å². The number of hydrogen-bond acceptors (Lipinski definition) is 3. The van der Waals surface area contributed by atoms with Crippen LogP contribution in [0.15, 0.2) is 43.0 Å². The average Bonchev–Trinajstić information content (AvgIpc) is 2.74. The number of hydrogen-bond donors (Lipinski definition) is 2. The molecule has 2 aromatic heterocycles. The van der Waals surface area contributed by atoms with E-state index in [2.05, 4.69) is 27.2 Å². The molecule has 0 fully saturated rings. The van der Waals surface area contributed by atoms with Gasteiger partial charge < -0.3 is 10.7 Å². The number of rotatable bonds is 1. The second-order valence-electron chi connectivity index (χ2n) is 2.33. The molecule has 0 bridgehead atoms. The third-order valence-electron chi connectivity index (χ3n) is 1.30. The summed E-state index contributed by atoms with van der Waals surface area (Å²) < 4.78 is 0. The van der Waals surface area contributed by atoms with Crippen LogP contribution in [-0.4, -0.2) is 19.9 Å². The molecule has 14 heavy (non-hydrogen) atoms. The highest BCUT2D eigenvalue weighted by Crippen LogP contribution is 1.84. The normalized spacial score (nSPS) is 8.57. The quantitative estimate of drug-likeness (QED) is 0.686. The summed E-state index contributed by atoms with van der Waals surface area (Å²) in [5.74, 6) is 0.569. The molecule has 0 saturated heterocycles. The molecule has 0 spiro atoms. The number of nitrogens with zero attached hydrogens (tertiary/aromatic N) is 2. The Morgan fingerprint density at radius 1 is 1.21 bits per heavy atom. The van der Waals surface area contributed by atoms with Crippen molar-refractivity contribution in [2.24, 2.45) is 5.73 Å². The number of thiocarbonyl (C=S) groups is 1. The number of nitrogens with two attached hydrogens (primary N) is 1. The lowest BCUT2D eigenvalue weighted by Crippen LogP contribution is -2.10. The zero-order valence-corrected chi connectivity index (χ0v) is 8.24. The van der Waals surface area contributed by atoms with Crippen LogP contribution < -0.4 is 5.73 Å². The molecular formula is C9H10N4S. The first kappa shape index (κ1) is 10.3. The average molecular weight is 206 g/mol. The second kappa shape index (κ2) is 5.82. The molecule has 4 nitrogen and oxygen atoms in total. The summed E-state index contributed by atoms with van der Waals surface area (Å²) in [6.45, 7) is 0. The number of pyridine rings is 1. The van der Waals surface area contributed by atoms with E-state index in [1.165, 1.54) is 0 Å². The smallest absolute Gasteiger partial charge is 0.164 e. The zero-order chi connectivity index (χ0) is 10.2. The van der Waals surface area contributed by atoms with Crippen LogP contribution in [0.5, 0.6) is 0 Å². The molecule has 2 rings (SSSR count). The third kappa shape index (κ3) is 3.77. The Morgan fingerprint density at radius 2 is 1.93 bits per heavy atom. The van der Waals surface area contributed by atoms with Crippen molar-refractivity contribution in [2.45, 2.75) is 0 Å². The van der Waals surface area contributed by atoms with Gasteiger partial charge in [0.05, 0.1) is 0 Å². The molecule has 0 amide bonds. The molecule has 0 aromatic carbocycles. The van der Waals surface area contributed by atoms with E-state index in [4.69, 9.17) is 5.73 Å². The molecule has 0 unspecified atom stereocenters. The molecule has 0 aliphatic carbocycles. The van der Waals surface area contributed by atoms with Crippen LogP contribution in [0, 0.1) is 0 Å². The monoisotopic (exact) mass is 206 g/mol. The van der Waals surface area contributed by atoms with Crippen molar-refractivity contribution < 1.29 is 0 Å². The van der Waals surface area contributed by atoms with Crippen LogP contribution in [0.1, 0.15) is 5.82 Å². The summed E-state index contributed by atoms with van der Waals surface area (Å²) in [6, 6.07) is 5.72. The topological polar surface area (TPSA) is 67.6 Å². The fraction of sp³-hybridized carbons (Fsp3) is 0. The number of aromatic amines is 1. The van der Waals surface area contributed by atoms with Gasteiger partial charge in [-0.3, -0.25) is 4.98 Å². The van der Waals surface area contributed by atoms with Crippen molar-refractivity contribution in [1.29, 1.82) is 0 Å². The summed E-state index contributed by atoms with van der Waals surface area (Å²) in [5, 5.41) is 0. The Labute approximate surface area is 87.2 Å². The summed E-state index contributed by atoms with van der Waals surface area (Å²) in [6.07, 6.45) is 6.78. The van der Waals surface area contributed by atoms with E-state index in [-0.39, 0.29) is 0 Å². The van der Waals surface area contributed by atoms with Crippen molar-refractivity contribution in [3.63, 3.8) is 0 Å². The minimum atomic E-state index is 0.301. The largest absolute Gasteiger partial charge is 0.387 e. The Balaban J connectivity index is 0.000000146. The van der Waals surface area contributed by atoms with Gasteiger partial charge in [-0.15, -0.1) is 0 Å². The lowest BCUT2D eigenvalue weighted by atomic mass is 10.5. The Hall–Kier alpha value is -1.75. The fourth-order valence-corrected chi connectivity index (χ4v) is 0.824. The van der Waals surface area contributed by atoms with E-state index < -0.39 is 0 Å². The lowest BCUT2D eigenvalue weighted by Gasteiger charge is -1.84. The maximum absolute atomic E-state index is 5.20. The molecule has 5 heteroatoms. The summed E-state index contributed by atoms with van der Waals surface area (Å²) in [7, 11) is 0. The van der Waals surface area contributed by atoms with E-state index in [0.717, 1.165) is 0 Å². The number of H-pyrrole nitrogens is 1. The SMILES string of the molecule is NC(=S)c1ncc[nH]1.c1ccncc1. The van der Waals surface area contributed by atoms with E-state index >= 15 is 0 Å². The first-order valence-electron chi connectivity index (χ1n) is 3.95. The second-order valence-corrected chi connectivity index (χ2v) is 2.77. The fourth-order valence-electron chi connectivity index (χ4n) is 0.713. The maximum atomic E-state index is 5.20. The van der Waals surface area contributed by atoms with Gasteiger partial charge in [0.25, 0.3) is 0 Å². The van der Waals surface area contributed by atoms with Gasteiger partial charge in [0.2, 0.25) is 0 Å². The first-order chi connectivity index (χ1) is 6.80. The van der Waals surface area contributed by atoms with Crippen LogP contribution in [0.2, 0.25) is 0 Å². The predicted molar refractivity (Wildman–Crippen MR) is 58.7 cm³/mol. The first-order valence-corrected chi connectivity index (χ1v) is 4.35. The van der Waals surface area contributed by atoms with Crippen LogP contribution in [0.3, 0.4) is 0 Å². The van der Waals surface area contributed by atoms with Crippen molar-refractivity contribution in [2.75, 3.05) is 0 Å². The molecule has 0 aliphatic heterocycles. The predicted octanol–water partition coefficient (Wildman–Crippen LogP) is 1.13. The summed E-state index contributed by atoms with van der Waals surface area (Å²) in [4.78, 5) is 10.6. The van der Waals surface area contributed by atoms with E-state index in [9.17, 15) is 0 Å². The van der Waals surface area contributed by atoms with Gasteiger partial charge in [0.15, 0.2) is 5.82 Å². The highest BCUT2D eigenvalue weighted by molar-refractivity contribution is 7.80. The molecule has 0 saturated carbocycles. The molecule has 0 radical (unpaired) electrons.